The number of hydrogen-bond acceptors (Lipinski definition) is 5. The maximum absolute atomic E-state index is 12.6. The third-order valence-corrected chi connectivity index (χ3v) is 4.57. The topological polar surface area (TPSA) is 59.2 Å². The molecule has 1 amide bonds. The molecule has 21 heavy (non-hydrogen) atoms. The van der Waals surface area contributed by atoms with Crippen LogP contribution in [-0.2, 0) is 6.42 Å². The number of carbonyl (C=O) groups excluding carboxylic acids is 1. The van der Waals surface area contributed by atoms with Gasteiger partial charge in [0.1, 0.15) is 11.5 Å². The van der Waals surface area contributed by atoms with Crippen LogP contribution < -0.4 is 0 Å². The summed E-state index contributed by atoms with van der Waals surface area (Å²) in [6.45, 7) is 5.03. The lowest BCUT2D eigenvalue weighted by Gasteiger charge is -2.37. The van der Waals surface area contributed by atoms with Crippen molar-refractivity contribution in [1.82, 2.24) is 14.5 Å². The van der Waals surface area contributed by atoms with Crippen molar-refractivity contribution in [1.29, 1.82) is 0 Å². The van der Waals surface area contributed by atoms with Crippen LogP contribution in [0.4, 0.5) is 0 Å². The Morgan fingerprint density at radius 2 is 2.38 bits per heavy atom. The van der Waals surface area contributed by atoms with Gasteiger partial charge in [-0.15, -0.1) is 5.10 Å². The number of likely N-dealkylation sites (tertiary alicyclic amines) is 1. The highest BCUT2D eigenvalue weighted by molar-refractivity contribution is 7.03. The van der Waals surface area contributed by atoms with Crippen LogP contribution >= 0.6 is 11.5 Å². The van der Waals surface area contributed by atoms with Gasteiger partial charge in [-0.2, -0.15) is 0 Å². The molecular formula is C15H19N3O2S. The number of furan rings is 1. The van der Waals surface area contributed by atoms with Crippen molar-refractivity contribution in [2.45, 2.75) is 39.2 Å². The molecule has 2 aromatic heterocycles. The Kier molecular flexibility index (Phi) is 4.05. The summed E-state index contributed by atoms with van der Waals surface area (Å²) >= 11 is 1.21. The highest BCUT2D eigenvalue weighted by atomic mass is 32.1. The van der Waals surface area contributed by atoms with Gasteiger partial charge in [0.15, 0.2) is 5.69 Å². The van der Waals surface area contributed by atoms with E-state index in [1.54, 1.807) is 5.38 Å². The van der Waals surface area contributed by atoms with Crippen LogP contribution in [0.3, 0.4) is 0 Å². The Labute approximate surface area is 128 Å². The third kappa shape index (κ3) is 2.85. The second-order valence-corrected chi connectivity index (χ2v) is 6.20. The molecule has 2 aromatic rings. The molecular weight excluding hydrogens is 286 g/mol. The third-order valence-electron chi connectivity index (χ3n) is 4.06. The predicted octanol–water partition coefficient (Wildman–Crippen LogP) is 3.31. The van der Waals surface area contributed by atoms with E-state index in [1.165, 1.54) is 11.5 Å². The molecule has 1 saturated heterocycles. The van der Waals surface area contributed by atoms with E-state index in [1.807, 2.05) is 17.0 Å². The van der Waals surface area contributed by atoms with Gasteiger partial charge in [0, 0.05) is 18.3 Å². The number of aryl methyl sites for hydroxylation is 1. The quantitative estimate of drug-likeness (QED) is 0.873. The van der Waals surface area contributed by atoms with Crippen LogP contribution in [-0.4, -0.2) is 26.9 Å². The summed E-state index contributed by atoms with van der Waals surface area (Å²) in [5.41, 5.74) is 0.432. The minimum Gasteiger partial charge on any atom is -0.464 e. The lowest BCUT2D eigenvalue weighted by atomic mass is 9.91. The second kappa shape index (κ2) is 5.97. The number of carbonyl (C=O) groups is 1. The molecule has 0 unspecified atom stereocenters. The lowest BCUT2D eigenvalue weighted by molar-refractivity contribution is 0.0513. The first kappa shape index (κ1) is 14.3. The molecule has 2 atom stereocenters. The molecule has 3 rings (SSSR count). The van der Waals surface area contributed by atoms with Gasteiger partial charge >= 0.3 is 0 Å². The maximum Gasteiger partial charge on any atom is 0.275 e. The molecule has 0 bridgehead atoms. The molecule has 0 spiro atoms. The van der Waals surface area contributed by atoms with E-state index in [-0.39, 0.29) is 11.9 Å². The summed E-state index contributed by atoms with van der Waals surface area (Å²) in [6.07, 6.45) is 2.81. The lowest BCUT2D eigenvalue weighted by Crippen LogP contribution is -2.40. The van der Waals surface area contributed by atoms with Crippen LogP contribution in [0.1, 0.15) is 54.7 Å². The smallest absolute Gasteiger partial charge is 0.275 e. The number of nitrogens with zero attached hydrogens (tertiary/aromatic N) is 3. The minimum absolute atomic E-state index is 0.00301. The second-order valence-electron chi connectivity index (χ2n) is 5.59. The largest absolute Gasteiger partial charge is 0.464 e. The molecule has 5 nitrogen and oxygen atoms in total. The Balaban J connectivity index is 1.87. The summed E-state index contributed by atoms with van der Waals surface area (Å²) in [4.78, 5) is 14.5. The first-order valence-electron chi connectivity index (χ1n) is 7.35. The number of piperidine rings is 1. The summed E-state index contributed by atoms with van der Waals surface area (Å²) in [6, 6.07) is 4.01. The maximum atomic E-state index is 12.6. The average Bonchev–Trinajstić information content (AvgIpc) is 3.18. The zero-order chi connectivity index (χ0) is 14.8. The molecule has 112 valence electrons. The number of rotatable bonds is 3. The fourth-order valence-electron chi connectivity index (χ4n) is 2.82. The van der Waals surface area contributed by atoms with Gasteiger partial charge in [-0.25, -0.2) is 0 Å². The Hall–Kier alpha value is -1.69. The molecule has 6 heteroatoms. The highest BCUT2D eigenvalue weighted by Crippen LogP contribution is 2.35. The van der Waals surface area contributed by atoms with Crippen molar-refractivity contribution in [3.63, 3.8) is 0 Å². The fourth-order valence-corrected chi connectivity index (χ4v) is 3.25. The van der Waals surface area contributed by atoms with Crippen molar-refractivity contribution in [3.05, 3.63) is 34.7 Å². The van der Waals surface area contributed by atoms with Gasteiger partial charge < -0.3 is 9.32 Å². The van der Waals surface area contributed by atoms with E-state index in [0.29, 0.717) is 11.6 Å². The van der Waals surface area contributed by atoms with Gasteiger partial charge in [0.05, 0.1) is 6.04 Å². The van der Waals surface area contributed by atoms with Crippen molar-refractivity contribution in [3.8, 4) is 0 Å². The monoisotopic (exact) mass is 305 g/mol. The standard InChI is InChI=1S/C15H19N3O2S/c1-3-11-4-5-14(20-11)13-8-10(2)6-7-18(13)15(19)12-9-21-17-16-12/h4-5,9-10,13H,3,6-8H2,1-2H3/t10-,13+/m0/s1. The normalized spacial score (nSPS) is 22.5. The van der Waals surface area contributed by atoms with E-state index >= 15 is 0 Å². The van der Waals surface area contributed by atoms with Crippen LogP contribution in [0.15, 0.2) is 21.9 Å². The Bertz CT molecular complexity index is 608. The highest BCUT2D eigenvalue weighted by Gasteiger charge is 2.34. The van der Waals surface area contributed by atoms with Gasteiger partial charge in [0.25, 0.3) is 5.91 Å². The zero-order valence-electron chi connectivity index (χ0n) is 12.3. The number of amides is 1. The van der Waals surface area contributed by atoms with Gasteiger partial charge in [-0.05, 0) is 42.4 Å². The molecule has 1 fully saturated rings. The zero-order valence-corrected chi connectivity index (χ0v) is 13.1. The summed E-state index contributed by atoms with van der Waals surface area (Å²) in [5.74, 6) is 2.39. The number of hydrogen-bond donors (Lipinski definition) is 0. The van der Waals surface area contributed by atoms with Crippen LogP contribution in [0.25, 0.3) is 0 Å². The van der Waals surface area contributed by atoms with Gasteiger partial charge in [0.2, 0.25) is 0 Å². The van der Waals surface area contributed by atoms with E-state index < -0.39 is 0 Å². The predicted molar refractivity (Wildman–Crippen MR) is 80.2 cm³/mol. The number of aromatic nitrogens is 2. The van der Waals surface area contributed by atoms with Crippen molar-refractivity contribution in [2.24, 2.45) is 5.92 Å². The SMILES string of the molecule is CCc1ccc([C@H]2C[C@@H](C)CCN2C(=O)c2csnn2)o1. The molecule has 0 aliphatic carbocycles. The van der Waals surface area contributed by atoms with Crippen LogP contribution in [0.5, 0.6) is 0 Å². The Morgan fingerprint density at radius 1 is 1.52 bits per heavy atom. The molecule has 3 heterocycles. The molecule has 0 saturated carbocycles. The summed E-state index contributed by atoms with van der Waals surface area (Å²) < 4.78 is 9.68. The van der Waals surface area contributed by atoms with E-state index in [9.17, 15) is 4.79 Å². The molecule has 0 N–H and O–H groups in total. The molecule has 1 aliphatic rings. The molecule has 0 radical (unpaired) electrons. The van der Waals surface area contributed by atoms with E-state index in [2.05, 4.69) is 23.4 Å². The van der Waals surface area contributed by atoms with Crippen molar-refractivity contribution >= 4 is 17.4 Å². The minimum atomic E-state index is -0.0462. The molecule has 1 aliphatic heterocycles. The summed E-state index contributed by atoms with van der Waals surface area (Å²) in [7, 11) is 0. The average molecular weight is 305 g/mol. The van der Waals surface area contributed by atoms with Crippen molar-refractivity contribution < 1.29 is 9.21 Å². The fraction of sp³-hybridized carbons (Fsp3) is 0.533. The van der Waals surface area contributed by atoms with Crippen LogP contribution in [0.2, 0.25) is 0 Å². The van der Waals surface area contributed by atoms with E-state index in [0.717, 1.165) is 37.3 Å². The summed E-state index contributed by atoms with van der Waals surface area (Å²) in [5, 5.41) is 5.61. The van der Waals surface area contributed by atoms with E-state index in [4.69, 9.17) is 4.42 Å². The van der Waals surface area contributed by atoms with Crippen molar-refractivity contribution in [2.75, 3.05) is 6.54 Å². The van der Waals surface area contributed by atoms with Gasteiger partial charge in [-0.3, -0.25) is 4.79 Å². The Morgan fingerprint density at radius 3 is 3.05 bits per heavy atom. The van der Waals surface area contributed by atoms with Crippen LogP contribution in [0, 0.1) is 5.92 Å². The molecule has 0 aromatic carbocycles. The first-order chi connectivity index (χ1) is 10.2. The van der Waals surface area contributed by atoms with Gasteiger partial charge in [-0.1, -0.05) is 18.3 Å². The first-order valence-corrected chi connectivity index (χ1v) is 8.19.